The van der Waals surface area contributed by atoms with Crippen LogP contribution in [0.15, 0.2) is 66.9 Å². The normalized spacial score (nSPS) is 22.2. The summed E-state index contributed by atoms with van der Waals surface area (Å²) in [5.41, 5.74) is 4.73. The molecule has 1 saturated heterocycles. The van der Waals surface area contributed by atoms with E-state index >= 15 is 0 Å². The first-order valence-electron chi connectivity index (χ1n) is 10.5. The Labute approximate surface area is 177 Å². The maximum Gasteiger partial charge on any atom is 0.170 e. The molecule has 5 rings (SSSR count). The maximum absolute atomic E-state index is 5.88. The topological polar surface area (TPSA) is 33.1 Å². The molecule has 2 fully saturated rings. The minimum atomic E-state index is 0.0427. The van der Waals surface area contributed by atoms with Crippen LogP contribution >= 0.6 is 12.2 Å². The van der Waals surface area contributed by atoms with Gasteiger partial charge < -0.3 is 14.8 Å². The molecule has 2 aliphatic rings. The van der Waals surface area contributed by atoms with Crippen molar-refractivity contribution in [2.75, 3.05) is 0 Å². The van der Waals surface area contributed by atoms with E-state index in [1.165, 1.54) is 42.8 Å². The van der Waals surface area contributed by atoms with Crippen LogP contribution in [0.25, 0.3) is 5.69 Å². The first kappa shape index (κ1) is 18.4. The number of para-hydroxylation sites is 1. The second kappa shape index (κ2) is 7.64. The molecule has 3 heterocycles. The fraction of sp³-hybridized carbons (Fsp3) is 0.333. The smallest absolute Gasteiger partial charge is 0.170 e. The van der Waals surface area contributed by atoms with Crippen molar-refractivity contribution in [2.45, 2.75) is 50.7 Å². The van der Waals surface area contributed by atoms with Crippen molar-refractivity contribution in [2.24, 2.45) is 0 Å². The lowest BCUT2D eigenvalue weighted by Gasteiger charge is -2.33. The number of pyridine rings is 1. The summed E-state index contributed by atoms with van der Waals surface area (Å²) < 4.78 is 2.37. The highest BCUT2D eigenvalue weighted by molar-refractivity contribution is 7.80. The lowest BCUT2D eigenvalue weighted by molar-refractivity contribution is 0.239. The van der Waals surface area contributed by atoms with Crippen molar-refractivity contribution >= 4 is 17.3 Å². The predicted octanol–water partition coefficient (Wildman–Crippen LogP) is 5.10. The Kier molecular flexibility index (Phi) is 4.84. The third kappa shape index (κ3) is 3.23. The summed E-state index contributed by atoms with van der Waals surface area (Å²) in [4.78, 5) is 7.15. The molecule has 0 radical (unpaired) electrons. The van der Waals surface area contributed by atoms with Gasteiger partial charge in [-0.05, 0) is 68.4 Å². The van der Waals surface area contributed by atoms with E-state index in [0.29, 0.717) is 6.04 Å². The molecule has 29 heavy (non-hydrogen) atoms. The second-order valence-corrected chi connectivity index (χ2v) is 8.43. The summed E-state index contributed by atoms with van der Waals surface area (Å²) in [5, 5.41) is 4.47. The second-order valence-electron chi connectivity index (χ2n) is 8.04. The number of nitrogens with one attached hydrogen (secondary N) is 1. The van der Waals surface area contributed by atoms with Crippen molar-refractivity contribution < 1.29 is 0 Å². The van der Waals surface area contributed by atoms with Crippen LogP contribution in [-0.2, 0) is 0 Å². The summed E-state index contributed by atoms with van der Waals surface area (Å²) in [5.74, 6) is 0. The van der Waals surface area contributed by atoms with Crippen molar-refractivity contribution in [3.05, 3.63) is 83.9 Å². The quantitative estimate of drug-likeness (QED) is 0.616. The minimum Gasteiger partial charge on any atom is -0.352 e. The van der Waals surface area contributed by atoms with Gasteiger partial charge in [0, 0.05) is 29.3 Å². The lowest BCUT2D eigenvalue weighted by atomic mass is 9.99. The Bertz CT molecular complexity index is 992. The molecule has 0 bridgehead atoms. The summed E-state index contributed by atoms with van der Waals surface area (Å²) in [6.07, 6.45) is 6.85. The first-order chi connectivity index (χ1) is 14.2. The van der Waals surface area contributed by atoms with Gasteiger partial charge in [-0.2, -0.15) is 0 Å². The zero-order valence-electron chi connectivity index (χ0n) is 16.7. The van der Waals surface area contributed by atoms with E-state index in [1.807, 2.05) is 12.3 Å². The molecule has 1 saturated carbocycles. The van der Waals surface area contributed by atoms with E-state index in [9.17, 15) is 0 Å². The number of nitrogens with zero attached hydrogens (tertiary/aromatic N) is 3. The van der Waals surface area contributed by atoms with Gasteiger partial charge in [0.05, 0.1) is 17.8 Å². The molecule has 2 atom stereocenters. The molecule has 5 heteroatoms. The molecule has 0 unspecified atom stereocenters. The van der Waals surface area contributed by atoms with Crippen LogP contribution in [0.5, 0.6) is 0 Å². The molecule has 1 aliphatic carbocycles. The van der Waals surface area contributed by atoms with Gasteiger partial charge >= 0.3 is 0 Å². The monoisotopic (exact) mass is 402 g/mol. The summed E-state index contributed by atoms with van der Waals surface area (Å²) in [7, 11) is 0. The van der Waals surface area contributed by atoms with Crippen molar-refractivity contribution in [3.8, 4) is 5.69 Å². The first-order valence-corrected chi connectivity index (χ1v) is 10.9. The van der Waals surface area contributed by atoms with Gasteiger partial charge in [-0.15, -0.1) is 0 Å². The number of aryl methyl sites for hydroxylation is 1. The minimum absolute atomic E-state index is 0.0427. The average molecular weight is 403 g/mol. The molecular weight excluding hydrogens is 376 g/mol. The van der Waals surface area contributed by atoms with Crippen LogP contribution in [0.1, 0.15) is 54.8 Å². The molecule has 1 aliphatic heterocycles. The van der Waals surface area contributed by atoms with Crippen LogP contribution in [0.4, 0.5) is 0 Å². The fourth-order valence-corrected chi connectivity index (χ4v) is 5.37. The molecule has 0 amide bonds. The zero-order chi connectivity index (χ0) is 19.8. The van der Waals surface area contributed by atoms with E-state index in [1.54, 1.807) is 0 Å². The molecule has 0 spiro atoms. The van der Waals surface area contributed by atoms with Crippen LogP contribution < -0.4 is 5.32 Å². The van der Waals surface area contributed by atoms with E-state index < -0.39 is 0 Å². The highest BCUT2D eigenvalue weighted by Gasteiger charge is 2.44. The van der Waals surface area contributed by atoms with Gasteiger partial charge in [-0.25, -0.2) is 0 Å². The standard InChI is InChI=1S/C24H26N4S/c1-17-14-15-21(27(17)18-9-3-2-4-10-18)23-22(20-13-7-8-16-25-20)26-24(29)28(23)19-11-5-6-12-19/h2-4,7-10,13-16,19,22-23H,5-6,11-12H2,1H3,(H,26,29)/t22-,23+/m0/s1. The van der Waals surface area contributed by atoms with E-state index in [-0.39, 0.29) is 12.1 Å². The van der Waals surface area contributed by atoms with Crippen LogP contribution in [-0.4, -0.2) is 25.6 Å². The molecule has 3 aromatic rings. The van der Waals surface area contributed by atoms with E-state index in [0.717, 1.165) is 10.8 Å². The van der Waals surface area contributed by atoms with Gasteiger partial charge in [0.2, 0.25) is 0 Å². The molecule has 148 valence electrons. The van der Waals surface area contributed by atoms with Gasteiger partial charge in [-0.1, -0.05) is 37.1 Å². The summed E-state index contributed by atoms with van der Waals surface area (Å²) in [6, 6.07) is 21.9. The number of hydrogen-bond donors (Lipinski definition) is 1. The fourth-order valence-electron chi connectivity index (χ4n) is 4.98. The SMILES string of the molecule is Cc1ccc([C@@H]2[C@H](c3ccccn3)NC(=S)N2C2CCCC2)n1-c1ccccc1. The maximum atomic E-state index is 5.88. The largest absolute Gasteiger partial charge is 0.352 e. The molecule has 1 aromatic carbocycles. The lowest BCUT2D eigenvalue weighted by Crippen LogP contribution is -2.38. The van der Waals surface area contributed by atoms with Crippen LogP contribution in [0, 0.1) is 6.92 Å². The summed E-state index contributed by atoms with van der Waals surface area (Å²) in [6.45, 7) is 2.17. The Morgan fingerprint density at radius 3 is 2.45 bits per heavy atom. The third-order valence-electron chi connectivity index (χ3n) is 6.28. The van der Waals surface area contributed by atoms with Crippen molar-refractivity contribution in [1.29, 1.82) is 0 Å². The number of aromatic nitrogens is 2. The highest BCUT2D eigenvalue weighted by Crippen LogP contribution is 2.43. The molecule has 4 nitrogen and oxygen atoms in total. The van der Waals surface area contributed by atoms with E-state index in [4.69, 9.17) is 12.2 Å². The number of rotatable bonds is 4. The van der Waals surface area contributed by atoms with Gasteiger partial charge in [-0.3, -0.25) is 4.98 Å². The third-order valence-corrected chi connectivity index (χ3v) is 6.61. The Morgan fingerprint density at radius 2 is 1.72 bits per heavy atom. The number of hydrogen-bond acceptors (Lipinski definition) is 2. The zero-order valence-corrected chi connectivity index (χ0v) is 17.5. The van der Waals surface area contributed by atoms with Crippen LogP contribution in [0.2, 0.25) is 0 Å². The van der Waals surface area contributed by atoms with Crippen LogP contribution in [0.3, 0.4) is 0 Å². The average Bonchev–Trinajstić information content (AvgIpc) is 3.48. The Balaban J connectivity index is 1.65. The van der Waals surface area contributed by atoms with Crippen molar-refractivity contribution in [3.63, 3.8) is 0 Å². The van der Waals surface area contributed by atoms with Gasteiger partial charge in [0.25, 0.3) is 0 Å². The highest BCUT2D eigenvalue weighted by atomic mass is 32.1. The van der Waals surface area contributed by atoms with Gasteiger partial charge in [0.1, 0.15) is 0 Å². The predicted molar refractivity (Wildman–Crippen MR) is 120 cm³/mol. The van der Waals surface area contributed by atoms with E-state index in [2.05, 4.69) is 81.3 Å². The molecule has 1 N–H and O–H groups in total. The number of thiocarbonyl (C=S) groups is 1. The van der Waals surface area contributed by atoms with Gasteiger partial charge in [0.15, 0.2) is 5.11 Å². The summed E-state index contributed by atoms with van der Waals surface area (Å²) >= 11 is 5.88. The number of benzene rings is 1. The molecule has 2 aromatic heterocycles. The Morgan fingerprint density at radius 1 is 0.966 bits per heavy atom. The molecular formula is C24H26N4S. The Hall–Kier alpha value is -2.66. The van der Waals surface area contributed by atoms with Crippen molar-refractivity contribution in [1.82, 2.24) is 19.8 Å².